The van der Waals surface area contributed by atoms with E-state index in [-0.39, 0.29) is 17.7 Å². The number of Topliss-reactive ketones (excluding diaryl/α,β-unsaturated/α-hetero) is 1. The fourth-order valence-electron chi connectivity index (χ4n) is 2.40. The zero-order valence-electron chi connectivity index (χ0n) is 10.6. The molecule has 2 rings (SSSR count). The van der Waals surface area contributed by atoms with Crippen LogP contribution < -0.4 is 0 Å². The van der Waals surface area contributed by atoms with Gasteiger partial charge in [0.15, 0.2) is 5.78 Å². The standard InChI is InChI=1S/C13H18N2O2/c1-9(13(17)14(2)3)15-8-7-10-11(15)5-4-6-12(10)16/h7-9H,4-6H2,1-3H3. The first kappa shape index (κ1) is 11.9. The molecule has 1 aromatic heterocycles. The van der Waals surface area contributed by atoms with Crippen molar-refractivity contribution in [1.29, 1.82) is 0 Å². The summed E-state index contributed by atoms with van der Waals surface area (Å²) in [4.78, 5) is 25.2. The van der Waals surface area contributed by atoms with E-state index in [1.54, 1.807) is 19.0 Å². The average Bonchev–Trinajstić information content (AvgIpc) is 2.72. The number of fused-ring (bicyclic) bond motifs is 1. The number of carbonyl (C=O) groups excluding carboxylic acids is 2. The maximum atomic E-state index is 11.9. The van der Waals surface area contributed by atoms with Crippen LogP contribution in [0, 0.1) is 0 Å². The van der Waals surface area contributed by atoms with E-state index in [0.717, 1.165) is 24.1 Å². The van der Waals surface area contributed by atoms with Gasteiger partial charge in [0.25, 0.3) is 0 Å². The predicted molar refractivity (Wildman–Crippen MR) is 65.1 cm³/mol. The third-order valence-electron chi connectivity index (χ3n) is 3.36. The third kappa shape index (κ3) is 1.99. The van der Waals surface area contributed by atoms with Gasteiger partial charge >= 0.3 is 0 Å². The predicted octanol–water partition coefficient (Wildman–Crippen LogP) is 1.66. The van der Waals surface area contributed by atoms with Gasteiger partial charge in [-0.15, -0.1) is 0 Å². The summed E-state index contributed by atoms with van der Waals surface area (Å²) in [5, 5.41) is 0. The van der Waals surface area contributed by atoms with Crippen molar-refractivity contribution in [3.8, 4) is 0 Å². The summed E-state index contributed by atoms with van der Waals surface area (Å²) >= 11 is 0. The van der Waals surface area contributed by atoms with Crippen LogP contribution in [0.3, 0.4) is 0 Å². The van der Waals surface area contributed by atoms with Gasteiger partial charge in [-0.1, -0.05) is 0 Å². The lowest BCUT2D eigenvalue weighted by Crippen LogP contribution is -2.30. The topological polar surface area (TPSA) is 42.3 Å². The average molecular weight is 234 g/mol. The van der Waals surface area contributed by atoms with Gasteiger partial charge < -0.3 is 9.47 Å². The van der Waals surface area contributed by atoms with E-state index >= 15 is 0 Å². The lowest BCUT2D eigenvalue weighted by molar-refractivity contribution is -0.131. The third-order valence-corrected chi connectivity index (χ3v) is 3.36. The highest BCUT2D eigenvalue weighted by molar-refractivity contribution is 5.98. The summed E-state index contributed by atoms with van der Waals surface area (Å²) in [6, 6.07) is 1.61. The number of rotatable bonds is 2. The maximum Gasteiger partial charge on any atom is 0.244 e. The van der Waals surface area contributed by atoms with E-state index in [9.17, 15) is 9.59 Å². The summed E-state index contributed by atoms with van der Waals surface area (Å²) in [7, 11) is 3.50. The molecular formula is C13H18N2O2. The van der Waals surface area contributed by atoms with E-state index in [2.05, 4.69) is 0 Å². The first-order chi connectivity index (χ1) is 8.02. The van der Waals surface area contributed by atoms with Gasteiger partial charge in [0, 0.05) is 38.0 Å². The van der Waals surface area contributed by atoms with Crippen LogP contribution in [-0.4, -0.2) is 35.3 Å². The molecule has 1 amide bonds. The molecule has 92 valence electrons. The molecule has 0 radical (unpaired) electrons. The molecule has 4 heteroatoms. The Morgan fingerprint density at radius 1 is 1.41 bits per heavy atom. The summed E-state index contributed by atoms with van der Waals surface area (Å²) in [5.41, 5.74) is 1.82. The summed E-state index contributed by atoms with van der Waals surface area (Å²) in [6.07, 6.45) is 4.27. The Balaban J connectivity index is 2.34. The maximum absolute atomic E-state index is 11.9. The fraction of sp³-hybridized carbons (Fsp3) is 0.538. The summed E-state index contributed by atoms with van der Waals surface area (Å²) in [6.45, 7) is 1.88. The minimum atomic E-state index is -0.236. The fourth-order valence-corrected chi connectivity index (χ4v) is 2.40. The highest BCUT2D eigenvalue weighted by Crippen LogP contribution is 2.25. The van der Waals surface area contributed by atoms with Gasteiger partial charge in [0.2, 0.25) is 5.91 Å². The molecule has 0 fully saturated rings. The molecule has 1 aliphatic carbocycles. The van der Waals surface area contributed by atoms with Crippen molar-refractivity contribution < 1.29 is 9.59 Å². The number of aromatic nitrogens is 1. The van der Waals surface area contributed by atoms with Crippen LogP contribution in [-0.2, 0) is 11.2 Å². The number of hydrogen-bond donors (Lipinski definition) is 0. The molecule has 1 unspecified atom stereocenters. The number of carbonyl (C=O) groups is 2. The number of amides is 1. The Morgan fingerprint density at radius 2 is 2.12 bits per heavy atom. The van der Waals surface area contributed by atoms with Gasteiger partial charge in [0.05, 0.1) is 0 Å². The first-order valence-corrected chi connectivity index (χ1v) is 5.96. The molecule has 4 nitrogen and oxygen atoms in total. The van der Waals surface area contributed by atoms with Crippen LogP contribution in [0.4, 0.5) is 0 Å². The molecule has 1 aliphatic rings. The van der Waals surface area contributed by atoms with E-state index in [1.807, 2.05) is 23.8 Å². The van der Waals surface area contributed by atoms with E-state index in [1.165, 1.54) is 0 Å². The number of likely N-dealkylation sites (N-methyl/N-ethyl adjacent to an activating group) is 1. The number of ketones is 1. The van der Waals surface area contributed by atoms with Crippen molar-refractivity contribution in [1.82, 2.24) is 9.47 Å². The Bertz CT molecular complexity index is 460. The highest BCUT2D eigenvalue weighted by Gasteiger charge is 2.25. The largest absolute Gasteiger partial charge is 0.347 e. The lowest BCUT2D eigenvalue weighted by atomic mass is 9.96. The molecule has 0 saturated carbocycles. The van der Waals surface area contributed by atoms with E-state index < -0.39 is 0 Å². The molecule has 0 N–H and O–H groups in total. The van der Waals surface area contributed by atoms with Crippen LogP contribution in [0.1, 0.15) is 41.9 Å². The van der Waals surface area contributed by atoms with Crippen LogP contribution >= 0.6 is 0 Å². The monoisotopic (exact) mass is 234 g/mol. The second-order valence-corrected chi connectivity index (χ2v) is 4.77. The van der Waals surface area contributed by atoms with Crippen molar-refractivity contribution in [2.45, 2.75) is 32.2 Å². The van der Waals surface area contributed by atoms with Crippen molar-refractivity contribution in [2.24, 2.45) is 0 Å². The van der Waals surface area contributed by atoms with Crippen molar-refractivity contribution in [2.75, 3.05) is 14.1 Å². The summed E-state index contributed by atoms with van der Waals surface area (Å²) < 4.78 is 1.94. The Hall–Kier alpha value is -1.58. The van der Waals surface area contributed by atoms with Crippen LogP contribution in [0.25, 0.3) is 0 Å². The molecule has 1 atom stereocenters. The Kier molecular flexibility index (Phi) is 3.05. The van der Waals surface area contributed by atoms with E-state index in [0.29, 0.717) is 6.42 Å². The second-order valence-electron chi connectivity index (χ2n) is 4.77. The smallest absolute Gasteiger partial charge is 0.244 e. The van der Waals surface area contributed by atoms with Gasteiger partial charge in [-0.05, 0) is 25.8 Å². The van der Waals surface area contributed by atoms with Crippen molar-refractivity contribution >= 4 is 11.7 Å². The number of nitrogens with zero attached hydrogens (tertiary/aromatic N) is 2. The molecule has 0 saturated heterocycles. The zero-order valence-corrected chi connectivity index (χ0v) is 10.6. The van der Waals surface area contributed by atoms with Gasteiger partial charge in [-0.2, -0.15) is 0 Å². The first-order valence-electron chi connectivity index (χ1n) is 5.96. The highest BCUT2D eigenvalue weighted by atomic mass is 16.2. The van der Waals surface area contributed by atoms with Gasteiger partial charge in [0.1, 0.15) is 6.04 Å². The molecule has 1 heterocycles. The van der Waals surface area contributed by atoms with Crippen molar-refractivity contribution in [3.05, 3.63) is 23.5 Å². The van der Waals surface area contributed by atoms with Gasteiger partial charge in [-0.3, -0.25) is 9.59 Å². The van der Waals surface area contributed by atoms with E-state index in [4.69, 9.17) is 0 Å². The lowest BCUT2D eigenvalue weighted by Gasteiger charge is -2.22. The van der Waals surface area contributed by atoms with Crippen molar-refractivity contribution in [3.63, 3.8) is 0 Å². The molecule has 17 heavy (non-hydrogen) atoms. The summed E-state index contributed by atoms with van der Waals surface area (Å²) in [5.74, 6) is 0.260. The SMILES string of the molecule is CC(C(=O)N(C)C)n1ccc2c1CCCC2=O. The number of hydrogen-bond acceptors (Lipinski definition) is 2. The molecule has 1 aromatic rings. The molecule has 0 spiro atoms. The second kappa shape index (κ2) is 4.35. The molecule has 0 aromatic carbocycles. The van der Waals surface area contributed by atoms with Crippen LogP contribution in [0.15, 0.2) is 12.3 Å². The minimum absolute atomic E-state index is 0.0569. The van der Waals surface area contributed by atoms with Gasteiger partial charge in [-0.25, -0.2) is 0 Å². The Morgan fingerprint density at radius 3 is 2.76 bits per heavy atom. The zero-order chi connectivity index (χ0) is 12.6. The molecule has 0 aliphatic heterocycles. The minimum Gasteiger partial charge on any atom is -0.347 e. The van der Waals surface area contributed by atoms with Crippen LogP contribution in [0.5, 0.6) is 0 Å². The molecular weight excluding hydrogens is 216 g/mol. The molecule has 0 bridgehead atoms. The normalized spacial score (nSPS) is 16.5. The van der Waals surface area contributed by atoms with Crippen LogP contribution in [0.2, 0.25) is 0 Å². The quantitative estimate of drug-likeness (QED) is 0.781. The Labute approximate surface area is 101 Å².